The Morgan fingerprint density at radius 2 is 1.90 bits per heavy atom. The summed E-state index contributed by atoms with van der Waals surface area (Å²) >= 11 is 0. The summed E-state index contributed by atoms with van der Waals surface area (Å²) in [7, 11) is 3.09. The summed E-state index contributed by atoms with van der Waals surface area (Å²) in [6.07, 6.45) is 0. The zero-order chi connectivity index (χ0) is 15.4. The standard InChI is InChI=1S/C14H15N3O4/c1-20-12-3-4-14(21-2)13(8-12)16-10-5-9(15)6-11(7-10)17(18)19/h3-8,16H,15H2,1-2H3. The molecule has 0 aliphatic carbocycles. The summed E-state index contributed by atoms with van der Waals surface area (Å²) in [6.45, 7) is 0. The van der Waals surface area contributed by atoms with Crippen molar-refractivity contribution in [1.82, 2.24) is 0 Å². The third-order valence-corrected chi connectivity index (χ3v) is 2.84. The maximum atomic E-state index is 10.9. The van der Waals surface area contributed by atoms with Gasteiger partial charge in [-0.15, -0.1) is 0 Å². The van der Waals surface area contributed by atoms with Gasteiger partial charge in [0.25, 0.3) is 5.69 Å². The highest BCUT2D eigenvalue weighted by molar-refractivity contribution is 5.72. The van der Waals surface area contributed by atoms with Crippen LogP contribution in [0.15, 0.2) is 36.4 Å². The van der Waals surface area contributed by atoms with Crippen molar-refractivity contribution in [3.8, 4) is 11.5 Å². The Morgan fingerprint density at radius 1 is 1.14 bits per heavy atom. The Balaban J connectivity index is 2.39. The number of non-ortho nitro benzene ring substituents is 1. The summed E-state index contributed by atoms with van der Waals surface area (Å²) < 4.78 is 10.4. The predicted molar refractivity (Wildman–Crippen MR) is 80.3 cm³/mol. The minimum absolute atomic E-state index is 0.0839. The first-order chi connectivity index (χ1) is 10.0. The number of hydrogen-bond donors (Lipinski definition) is 2. The Labute approximate surface area is 121 Å². The molecular weight excluding hydrogens is 274 g/mol. The molecule has 0 aliphatic rings. The van der Waals surface area contributed by atoms with Crippen molar-refractivity contribution in [2.45, 2.75) is 0 Å². The third kappa shape index (κ3) is 3.33. The molecule has 2 aromatic rings. The molecule has 2 rings (SSSR count). The highest BCUT2D eigenvalue weighted by Gasteiger charge is 2.11. The summed E-state index contributed by atoms with van der Waals surface area (Å²) in [4.78, 5) is 10.4. The van der Waals surface area contributed by atoms with Gasteiger partial charge in [-0.1, -0.05) is 0 Å². The molecule has 2 aromatic carbocycles. The monoisotopic (exact) mass is 289 g/mol. The largest absolute Gasteiger partial charge is 0.497 e. The van der Waals surface area contributed by atoms with Crippen molar-refractivity contribution in [3.63, 3.8) is 0 Å². The molecule has 0 saturated carbocycles. The summed E-state index contributed by atoms with van der Waals surface area (Å²) in [5.74, 6) is 1.22. The lowest BCUT2D eigenvalue weighted by Crippen LogP contribution is -1.98. The molecule has 3 N–H and O–H groups in total. The van der Waals surface area contributed by atoms with Gasteiger partial charge in [0.15, 0.2) is 0 Å². The first-order valence-corrected chi connectivity index (χ1v) is 6.07. The Bertz CT molecular complexity index is 673. The van der Waals surface area contributed by atoms with Crippen molar-refractivity contribution < 1.29 is 14.4 Å². The van der Waals surface area contributed by atoms with Gasteiger partial charge in [0.05, 0.1) is 24.8 Å². The van der Waals surface area contributed by atoms with E-state index in [4.69, 9.17) is 15.2 Å². The lowest BCUT2D eigenvalue weighted by molar-refractivity contribution is -0.384. The molecule has 21 heavy (non-hydrogen) atoms. The fourth-order valence-electron chi connectivity index (χ4n) is 1.88. The number of benzene rings is 2. The fraction of sp³-hybridized carbons (Fsp3) is 0.143. The van der Waals surface area contributed by atoms with Gasteiger partial charge in [0.1, 0.15) is 11.5 Å². The molecule has 0 bridgehead atoms. The normalized spacial score (nSPS) is 10.0. The molecule has 110 valence electrons. The summed E-state index contributed by atoms with van der Waals surface area (Å²) in [6, 6.07) is 9.52. The molecule has 0 unspecified atom stereocenters. The zero-order valence-electron chi connectivity index (χ0n) is 11.6. The van der Waals surface area contributed by atoms with Crippen LogP contribution in [0.4, 0.5) is 22.7 Å². The number of rotatable bonds is 5. The van der Waals surface area contributed by atoms with Crippen LogP contribution >= 0.6 is 0 Å². The van der Waals surface area contributed by atoms with Gasteiger partial charge in [-0.3, -0.25) is 10.1 Å². The van der Waals surface area contributed by atoms with Gasteiger partial charge in [0.2, 0.25) is 0 Å². The average Bonchev–Trinajstić information content (AvgIpc) is 2.46. The second-order valence-corrected chi connectivity index (χ2v) is 4.26. The lowest BCUT2D eigenvalue weighted by atomic mass is 10.2. The van der Waals surface area contributed by atoms with Gasteiger partial charge in [0, 0.05) is 29.6 Å². The number of nitrogens with two attached hydrogens (primary N) is 1. The fourth-order valence-corrected chi connectivity index (χ4v) is 1.88. The van der Waals surface area contributed by atoms with E-state index in [0.29, 0.717) is 28.6 Å². The Morgan fingerprint density at radius 3 is 2.52 bits per heavy atom. The molecular formula is C14H15N3O4. The second kappa shape index (κ2) is 6.00. The van der Waals surface area contributed by atoms with E-state index in [1.807, 2.05) is 0 Å². The maximum absolute atomic E-state index is 10.9. The van der Waals surface area contributed by atoms with Gasteiger partial charge in [-0.05, 0) is 18.2 Å². The molecule has 0 fully saturated rings. The van der Waals surface area contributed by atoms with E-state index in [1.54, 1.807) is 31.4 Å². The van der Waals surface area contributed by atoms with Gasteiger partial charge in [-0.2, -0.15) is 0 Å². The number of nitro groups is 1. The second-order valence-electron chi connectivity index (χ2n) is 4.26. The van der Waals surface area contributed by atoms with Crippen LogP contribution in [0.5, 0.6) is 11.5 Å². The average molecular weight is 289 g/mol. The molecule has 0 radical (unpaired) electrons. The number of nitro benzene ring substituents is 1. The van der Waals surface area contributed by atoms with Gasteiger partial charge >= 0.3 is 0 Å². The number of nitrogen functional groups attached to an aromatic ring is 1. The molecule has 7 nitrogen and oxygen atoms in total. The molecule has 0 atom stereocenters. The highest BCUT2D eigenvalue weighted by atomic mass is 16.6. The van der Waals surface area contributed by atoms with Crippen LogP contribution in [-0.4, -0.2) is 19.1 Å². The number of methoxy groups -OCH3 is 2. The summed E-state index contributed by atoms with van der Waals surface area (Å²) in [5, 5.41) is 13.9. The van der Waals surface area contributed by atoms with Gasteiger partial charge in [-0.25, -0.2) is 0 Å². The topological polar surface area (TPSA) is 99.7 Å². The lowest BCUT2D eigenvalue weighted by Gasteiger charge is -2.13. The Kier molecular flexibility index (Phi) is 4.13. The van der Waals surface area contributed by atoms with Crippen molar-refractivity contribution >= 4 is 22.7 Å². The number of hydrogen-bond acceptors (Lipinski definition) is 6. The van der Waals surface area contributed by atoms with Crippen LogP contribution in [0.1, 0.15) is 0 Å². The molecule has 7 heteroatoms. The van der Waals surface area contributed by atoms with Gasteiger partial charge < -0.3 is 20.5 Å². The summed E-state index contributed by atoms with van der Waals surface area (Å²) in [5.41, 5.74) is 7.01. The number of ether oxygens (including phenoxy) is 2. The van der Waals surface area contributed by atoms with Crippen LogP contribution in [0.2, 0.25) is 0 Å². The van der Waals surface area contributed by atoms with Crippen LogP contribution < -0.4 is 20.5 Å². The molecule has 0 saturated heterocycles. The zero-order valence-corrected chi connectivity index (χ0v) is 11.6. The van der Waals surface area contributed by atoms with E-state index in [1.165, 1.54) is 19.2 Å². The van der Waals surface area contributed by atoms with Crippen LogP contribution in [0.3, 0.4) is 0 Å². The van der Waals surface area contributed by atoms with Crippen LogP contribution in [0, 0.1) is 10.1 Å². The van der Waals surface area contributed by atoms with E-state index in [2.05, 4.69) is 5.32 Å². The van der Waals surface area contributed by atoms with Crippen LogP contribution in [-0.2, 0) is 0 Å². The number of anilines is 3. The molecule has 0 aliphatic heterocycles. The van der Waals surface area contributed by atoms with Crippen molar-refractivity contribution in [2.75, 3.05) is 25.3 Å². The van der Waals surface area contributed by atoms with Crippen molar-refractivity contribution in [1.29, 1.82) is 0 Å². The maximum Gasteiger partial charge on any atom is 0.273 e. The molecule has 0 heterocycles. The van der Waals surface area contributed by atoms with E-state index in [0.717, 1.165) is 0 Å². The van der Waals surface area contributed by atoms with Crippen molar-refractivity contribution in [2.24, 2.45) is 0 Å². The predicted octanol–water partition coefficient (Wildman–Crippen LogP) is 2.94. The quantitative estimate of drug-likeness (QED) is 0.498. The molecule has 0 spiro atoms. The number of nitrogens with zero attached hydrogens (tertiary/aromatic N) is 1. The number of nitrogens with one attached hydrogen (secondary N) is 1. The van der Waals surface area contributed by atoms with E-state index in [-0.39, 0.29) is 5.69 Å². The first-order valence-electron chi connectivity index (χ1n) is 6.07. The first kappa shape index (κ1) is 14.4. The van der Waals surface area contributed by atoms with E-state index in [9.17, 15) is 10.1 Å². The smallest absolute Gasteiger partial charge is 0.273 e. The Hall–Kier alpha value is -2.96. The molecule has 0 amide bonds. The van der Waals surface area contributed by atoms with Crippen LogP contribution in [0.25, 0.3) is 0 Å². The van der Waals surface area contributed by atoms with Crippen molar-refractivity contribution in [3.05, 3.63) is 46.5 Å². The van der Waals surface area contributed by atoms with E-state index >= 15 is 0 Å². The minimum Gasteiger partial charge on any atom is -0.497 e. The molecule has 0 aromatic heterocycles. The third-order valence-electron chi connectivity index (χ3n) is 2.84. The minimum atomic E-state index is -0.496. The van der Waals surface area contributed by atoms with E-state index < -0.39 is 4.92 Å². The SMILES string of the molecule is COc1ccc(OC)c(Nc2cc(N)cc([N+](=O)[O-])c2)c1. The highest BCUT2D eigenvalue weighted by Crippen LogP contribution is 2.33.